The molecule has 0 saturated heterocycles. The molecule has 0 unspecified atom stereocenters. The molecule has 94 valence electrons. The molecule has 0 spiro atoms. The molecule has 0 bridgehead atoms. The molecule has 1 heterocycles. The van der Waals surface area contributed by atoms with Gasteiger partial charge in [-0.15, -0.1) is 0 Å². The van der Waals surface area contributed by atoms with Crippen molar-refractivity contribution in [1.82, 2.24) is 10.3 Å². The SMILES string of the molecule is COCc1ccc(C(=O)NCc2cc[nH]c2)cc1. The summed E-state index contributed by atoms with van der Waals surface area (Å²) in [5.41, 5.74) is 2.77. The molecule has 4 nitrogen and oxygen atoms in total. The van der Waals surface area contributed by atoms with Crippen LogP contribution in [0, 0.1) is 0 Å². The maximum Gasteiger partial charge on any atom is 0.251 e. The second-order valence-corrected chi connectivity index (χ2v) is 4.03. The fraction of sp³-hybridized carbons (Fsp3) is 0.214. The van der Waals surface area contributed by atoms with E-state index in [-0.39, 0.29) is 5.91 Å². The summed E-state index contributed by atoms with van der Waals surface area (Å²) in [6.45, 7) is 1.09. The average Bonchev–Trinajstić information content (AvgIpc) is 2.90. The van der Waals surface area contributed by atoms with E-state index in [9.17, 15) is 4.79 Å². The maximum absolute atomic E-state index is 11.9. The molecule has 0 atom stereocenters. The Kier molecular flexibility index (Phi) is 4.15. The summed E-state index contributed by atoms with van der Waals surface area (Å²) in [4.78, 5) is 14.8. The molecular weight excluding hydrogens is 228 g/mol. The topological polar surface area (TPSA) is 54.1 Å². The van der Waals surface area contributed by atoms with Crippen LogP contribution >= 0.6 is 0 Å². The maximum atomic E-state index is 11.9. The number of aromatic amines is 1. The van der Waals surface area contributed by atoms with Crippen molar-refractivity contribution < 1.29 is 9.53 Å². The third kappa shape index (κ3) is 3.21. The van der Waals surface area contributed by atoms with Crippen LogP contribution in [-0.2, 0) is 17.9 Å². The van der Waals surface area contributed by atoms with Gasteiger partial charge >= 0.3 is 0 Å². The van der Waals surface area contributed by atoms with Gasteiger partial charge in [-0.1, -0.05) is 12.1 Å². The molecule has 4 heteroatoms. The fourth-order valence-corrected chi connectivity index (χ4v) is 1.67. The highest BCUT2D eigenvalue weighted by atomic mass is 16.5. The molecule has 1 aromatic heterocycles. The number of benzene rings is 1. The molecule has 0 aliphatic rings. The Balaban J connectivity index is 1.92. The van der Waals surface area contributed by atoms with Crippen LogP contribution in [0.5, 0.6) is 0 Å². The van der Waals surface area contributed by atoms with Crippen LogP contribution in [0.25, 0.3) is 0 Å². The van der Waals surface area contributed by atoms with Crippen LogP contribution in [0.3, 0.4) is 0 Å². The van der Waals surface area contributed by atoms with Gasteiger partial charge < -0.3 is 15.0 Å². The lowest BCUT2D eigenvalue weighted by Crippen LogP contribution is -2.22. The number of amides is 1. The van der Waals surface area contributed by atoms with Gasteiger partial charge in [0, 0.05) is 31.6 Å². The van der Waals surface area contributed by atoms with E-state index in [1.165, 1.54) is 0 Å². The Hall–Kier alpha value is -2.07. The molecule has 2 N–H and O–H groups in total. The molecule has 0 aliphatic carbocycles. The van der Waals surface area contributed by atoms with Gasteiger partial charge in [0.2, 0.25) is 0 Å². The zero-order valence-corrected chi connectivity index (χ0v) is 10.3. The third-order valence-corrected chi connectivity index (χ3v) is 2.64. The quantitative estimate of drug-likeness (QED) is 0.846. The minimum absolute atomic E-state index is 0.0693. The Morgan fingerprint density at radius 1 is 1.22 bits per heavy atom. The Morgan fingerprint density at radius 3 is 2.61 bits per heavy atom. The van der Waals surface area contributed by atoms with Crippen LogP contribution in [0.15, 0.2) is 42.7 Å². The monoisotopic (exact) mass is 244 g/mol. The summed E-state index contributed by atoms with van der Waals surface area (Å²) in [5.74, 6) is -0.0693. The Labute approximate surface area is 106 Å². The van der Waals surface area contributed by atoms with E-state index in [1.54, 1.807) is 19.2 Å². The van der Waals surface area contributed by atoms with E-state index < -0.39 is 0 Å². The first kappa shape index (κ1) is 12.4. The highest BCUT2D eigenvalue weighted by Crippen LogP contribution is 2.06. The van der Waals surface area contributed by atoms with Gasteiger partial charge in [-0.05, 0) is 29.3 Å². The highest BCUT2D eigenvalue weighted by Gasteiger charge is 2.05. The minimum atomic E-state index is -0.0693. The van der Waals surface area contributed by atoms with Gasteiger partial charge in [-0.2, -0.15) is 0 Å². The molecular formula is C14H16N2O2. The third-order valence-electron chi connectivity index (χ3n) is 2.64. The van der Waals surface area contributed by atoms with E-state index in [1.807, 2.05) is 30.6 Å². The summed E-state index contributed by atoms with van der Waals surface area (Å²) >= 11 is 0. The molecule has 1 amide bonds. The number of rotatable bonds is 5. The zero-order chi connectivity index (χ0) is 12.8. The van der Waals surface area contributed by atoms with Crippen molar-refractivity contribution in [3.63, 3.8) is 0 Å². The normalized spacial score (nSPS) is 10.3. The van der Waals surface area contributed by atoms with E-state index in [2.05, 4.69) is 10.3 Å². The van der Waals surface area contributed by atoms with Crippen molar-refractivity contribution in [1.29, 1.82) is 0 Å². The van der Waals surface area contributed by atoms with Gasteiger partial charge in [-0.25, -0.2) is 0 Å². The van der Waals surface area contributed by atoms with Gasteiger partial charge in [0.05, 0.1) is 6.61 Å². The van der Waals surface area contributed by atoms with E-state index >= 15 is 0 Å². The molecule has 2 rings (SSSR count). The number of H-pyrrole nitrogens is 1. The summed E-state index contributed by atoms with van der Waals surface area (Å²) < 4.78 is 5.02. The Bertz CT molecular complexity index is 489. The number of ether oxygens (including phenoxy) is 1. The number of carbonyl (C=O) groups excluding carboxylic acids is 1. The summed E-state index contributed by atoms with van der Waals surface area (Å²) in [6.07, 6.45) is 3.70. The van der Waals surface area contributed by atoms with Crippen molar-refractivity contribution in [2.24, 2.45) is 0 Å². The van der Waals surface area contributed by atoms with Crippen molar-refractivity contribution >= 4 is 5.91 Å². The average molecular weight is 244 g/mol. The van der Waals surface area contributed by atoms with Crippen LogP contribution < -0.4 is 5.32 Å². The van der Waals surface area contributed by atoms with E-state index in [4.69, 9.17) is 4.74 Å². The van der Waals surface area contributed by atoms with Crippen molar-refractivity contribution in [3.8, 4) is 0 Å². The predicted molar refractivity (Wildman–Crippen MR) is 69.1 cm³/mol. The van der Waals surface area contributed by atoms with E-state index in [0.717, 1.165) is 11.1 Å². The molecule has 18 heavy (non-hydrogen) atoms. The second-order valence-electron chi connectivity index (χ2n) is 4.03. The first-order valence-corrected chi connectivity index (χ1v) is 5.77. The lowest BCUT2D eigenvalue weighted by Gasteiger charge is -2.05. The summed E-state index contributed by atoms with van der Waals surface area (Å²) in [5, 5.41) is 2.86. The van der Waals surface area contributed by atoms with Crippen LogP contribution in [0.2, 0.25) is 0 Å². The minimum Gasteiger partial charge on any atom is -0.380 e. The Morgan fingerprint density at radius 2 is 2.00 bits per heavy atom. The van der Waals surface area contributed by atoms with Gasteiger partial charge in [0.25, 0.3) is 5.91 Å². The summed E-state index contributed by atoms with van der Waals surface area (Å²) in [6, 6.07) is 9.34. The van der Waals surface area contributed by atoms with Gasteiger partial charge in [-0.3, -0.25) is 4.79 Å². The van der Waals surface area contributed by atoms with Crippen LogP contribution in [0.4, 0.5) is 0 Å². The molecule has 0 radical (unpaired) electrons. The zero-order valence-electron chi connectivity index (χ0n) is 10.3. The second kappa shape index (κ2) is 6.02. The highest BCUT2D eigenvalue weighted by molar-refractivity contribution is 5.94. The number of hydrogen-bond donors (Lipinski definition) is 2. The molecule has 0 aliphatic heterocycles. The van der Waals surface area contributed by atoms with Crippen molar-refractivity contribution in [3.05, 3.63) is 59.4 Å². The lowest BCUT2D eigenvalue weighted by molar-refractivity contribution is 0.0951. The van der Waals surface area contributed by atoms with Gasteiger partial charge in [0.15, 0.2) is 0 Å². The van der Waals surface area contributed by atoms with Crippen LogP contribution in [0.1, 0.15) is 21.5 Å². The fourth-order valence-electron chi connectivity index (χ4n) is 1.67. The molecule has 0 fully saturated rings. The van der Waals surface area contributed by atoms with E-state index in [0.29, 0.717) is 18.7 Å². The largest absolute Gasteiger partial charge is 0.380 e. The van der Waals surface area contributed by atoms with Crippen molar-refractivity contribution in [2.45, 2.75) is 13.2 Å². The molecule has 0 saturated carbocycles. The lowest BCUT2D eigenvalue weighted by atomic mass is 10.1. The number of carbonyl (C=O) groups is 1. The number of methoxy groups -OCH3 is 1. The number of nitrogens with one attached hydrogen (secondary N) is 2. The van der Waals surface area contributed by atoms with Gasteiger partial charge in [0.1, 0.15) is 0 Å². The predicted octanol–water partition coefficient (Wildman–Crippen LogP) is 2.09. The number of aromatic nitrogens is 1. The first-order chi connectivity index (χ1) is 8.79. The van der Waals surface area contributed by atoms with Crippen LogP contribution in [-0.4, -0.2) is 18.0 Å². The standard InChI is InChI=1S/C14H16N2O2/c1-18-10-11-2-4-13(5-3-11)14(17)16-9-12-6-7-15-8-12/h2-8,15H,9-10H2,1H3,(H,16,17). The molecule has 1 aromatic carbocycles. The smallest absolute Gasteiger partial charge is 0.251 e. The summed E-state index contributed by atoms with van der Waals surface area (Å²) in [7, 11) is 1.65. The molecule has 2 aromatic rings. The van der Waals surface area contributed by atoms with Crippen molar-refractivity contribution in [2.75, 3.05) is 7.11 Å². The number of hydrogen-bond acceptors (Lipinski definition) is 2. The first-order valence-electron chi connectivity index (χ1n) is 5.77.